The lowest BCUT2D eigenvalue weighted by atomic mass is 10.4. The summed E-state index contributed by atoms with van der Waals surface area (Å²) >= 11 is 0. The van der Waals surface area contributed by atoms with Gasteiger partial charge in [-0.1, -0.05) is 13.8 Å². The molecule has 1 atom stereocenters. The molecule has 0 N–H and O–H groups in total. The van der Waals surface area contributed by atoms with E-state index in [1.165, 1.54) is 12.8 Å². The summed E-state index contributed by atoms with van der Waals surface area (Å²) in [6.45, 7) is 5.91. The Morgan fingerprint density at radius 1 is 1.36 bits per heavy atom. The van der Waals surface area contributed by atoms with Crippen LogP contribution in [0.25, 0.3) is 0 Å². The summed E-state index contributed by atoms with van der Waals surface area (Å²) < 4.78 is 13.9. The van der Waals surface area contributed by atoms with Crippen LogP contribution in [0.1, 0.15) is 26.7 Å². The zero-order valence-corrected chi connectivity index (χ0v) is 8.19. The molecular weight excluding hydrogens is 158 g/mol. The van der Waals surface area contributed by atoms with Gasteiger partial charge in [-0.2, -0.15) is 0 Å². The maximum Gasteiger partial charge on any atom is 0.0347 e. The first-order valence-corrected chi connectivity index (χ1v) is 5.91. The highest BCUT2D eigenvalue weighted by Crippen LogP contribution is 2.15. The Balaban J connectivity index is 2.72. The van der Waals surface area contributed by atoms with E-state index >= 15 is 0 Å². The maximum absolute atomic E-state index is 11.9. The molecule has 1 heterocycles. The van der Waals surface area contributed by atoms with Crippen molar-refractivity contribution in [3.63, 3.8) is 0 Å². The van der Waals surface area contributed by atoms with Gasteiger partial charge >= 0.3 is 0 Å². The summed E-state index contributed by atoms with van der Waals surface area (Å²) in [5.74, 6) is 3.81. The highest BCUT2D eigenvalue weighted by Gasteiger charge is 2.22. The molecule has 0 aromatic heterocycles. The molecule has 0 spiro atoms. The van der Waals surface area contributed by atoms with Gasteiger partial charge < -0.3 is 0 Å². The molecule has 0 aromatic rings. The Morgan fingerprint density at radius 3 is 2.18 bits per heavy atom. The zero-order chi connectivity index (χ0) is 8.48. The van der Waals surface area contributed by atoms with Gasteiger partial charge in [-0.25, -0.2) is 4.31 Å². The van der Waals surface area contributed by atoms with E-state index in [-0.39, 0.29) is 5.25 Å². The van der Waals surface area contributed by atoms with Crippen molar-refractivity contribution >= 4 is 15.6 Å². The van der Waals surface area contributed by atoms with Crippen molar-refractivity contribution in [2.75, 3.05) is 13.1 Å². The van der Waals surface area contributed by atoms with Gasteiger partial charge in [-0.15, -0.1) is 0 Å². The van der Waals surface area contributed by atoms with E-state index in [2.05, 4.69) is 5.87 Å². The Kier molecular flexibility index (Phi) is 2.60. The monoisotopic (exact) mass is 175 g/mol. The smallest absolute Gasteiger partial charge is 0.0347 e. The summed E-state index contributed by atoms with van der Waals surface area (Å²) in [4.78, 5) is 0. The minimum absolute atomic E-state index is 0.181. The number of hydrogen-bond acceptors (Lipinski definition) is 1. The van der Waals surface area contributed by atoms with Crippen molar-refractivity contribution in [3.8, 4) is 0 Å². The van der Waals surface area contributed by atoms with Crippen molar-refractivity contribution < 1.29 is 4.21 Å². The van der Waals surface area contributed by atoms with Gasteiger partial charge in [0.1, 0.15) is 0 Å². The minimum Gasteiger partial charge on any atom is -0.252 e. The van der Waals surface area contributed by atoms with Crippen LogP contribution in [0.2, 0.25) is 0 Å². The first-order valence-electron chi connectivity index (χ1n) is 4.16. The standard InChI is InChI=1S/C8H17NOS/c1-8(2)11(3,10)9-6-4-5-7-9/h8H,3-7H2,1-2H3. The molecule has 11 heavy (non-hydrogen) atoms. The molecule has 0 amide bonds. The normalized spacial score (nSPS) is 25.7. The molecule has 66 valence electrons. The molecule has 1 rings (SSSR count). The van der Waals surface area contributed by atoms with Gasteiger partial charge in [0, 0.05) is 28.0 Å². The lowest BCUT2D eigenvalue weighted by molar-refractivity contribution is 0.526. The molecule has 0 aromatic carbocycles. The molecule has 3 heteroatoms. The molecule has 1 fully saturated rings. The third-order valence-corrected chi connectivity index (χ3v) is 4.95. The second-order valence-electron chi connectivity index (χ2n) is 3.37. The van der Waals surface area contributed by atoms with Gasteiger partial charge in [-0.3, -0.25) is 4.21 Å². The topological polar surface area (TPSA) is 20.3 Å². The predicted octanol–water partition coefficient (Wildman–Crippen LogP) is 1.12. The van der Waals surface area contributed by atoms with E-state index in [4.69, 9.17) is 0 Å². The summed E-state index contributed by atoms with van der Waals surface area (Å²) in [7, 11) is -1.94. The van der Waals surface area contributed by atoms with Gasteiger partial charge in [0.15, 0.2) is 0 Å². The van der Waals surface area contributed by atoms with E-state index < -0.39 is 9.71 Å². The Morgan fingerprint density at radius 2 is 1.82 bits per heavy atom. The molecule has 1 unspecified atom stereocenters. The third-order valence-electron chi connectivity index (χ3n) is 2.24. The Bertz CT molecular complexity index is 212. The van der Waals surface area contributed by atoms with Gasteiger partial charge in [0.2, 0.25) is 0 Å². The highest BCUT2D eigenvalue weighted by atomic mass is 32.2. The summed E-state index contributed by atoms with van der Waals surface area (Å²) in [5, 5.41) is 0.181. The van der Waals surface area contributed by atoms with Crippen molar-refractivity contribution in [1.82, 2.24) is 4.31 Å². The van der Waals surface area contributed by atoms with Crippen molar-refractivity contribution in [2.45, 2.75) is 31.9 Å². The lowest BCUT2D eigenvalue weighted by Gasteiger charge is -2.23. The van der Waals surface area contributed by atoms with Gasteiger partial charge in [-0.05, 0) is 18.7 Å². The highest BCUT2D eigenvalue weighted by molar-refractivity contribution is 7.98. The molecule has 0 saturated carbocycles. The van der Waals surface area contributed by atoms with Gasteiger partial charge in [0.05, 0.1) is 0 Å². The molecule has 0 aliphatic carbocycles. The number of hydrogen-bond donors (Lipinski definition) is 0. The fourth-order valence-electron chi connectivity index (χ4n) is 1.30. The van der Waals surface area contributed by atoms with E-state index in [9.17, 15) is 4.21 Å². The Hall–Kier alpha value is -0.0200. The van der Waals surface area contributed by atoms with E-state index in [0.717, 1.165) is 13.1 Å². The van der Waals surface area contributed by atoms with E-state index in [1.54, 1.807) is 0 Å². The van der Waals surface area contributed by atoms with Crippen LogP contribution in [-0.2, 0) is 9.71 Å². The average molecular weight is 175 g/mol. The lowest BCUT2D eigenvalue weighted by Crippen LogP contribution is -2.33. The van der Waals surface area contributed by atoms with Crippen LogP contribution in [0.5, 0.6) is 0 Å². The third kappa shape index (κ3) is 1.76. The first kappa shape index (κ1) is 9.07. The van der Waals surface area contributed by atoms with Crippen LogP contribution in [0.15, 0.2) is 0 Å². The molecule has 0 radical (unpaired) electrons. The van der Waals surface area contributed by atoms with E-state index in [1.807, 2.05) is 18.2 Å². The minimum atomic E-state index is -1.94. The second kappa shape index (κ2) is 3.15. The molecule has 1 aliphatic rings. The predicted molar refractivity (Wildman–Crippen MR) is 51.2 cm³/mol. The Labute approximate surface area is 69.7 Å². The fourth-order valence-corrected chi connectivity index (χ4v) is 2.77. The van der Waals surface area contributed by atoms with Crippen LogP contribution >= 0.6 is 0 Å². The fraction of sp³-hybridized carbons (Fsp3) is 0.875. The average Bonchev–Trinajstić information content (AvgIpc) is 2.37. The largest absolute Gasteiger partial charge is 0.252 e. The molecule has 2 nitrogen and oxygen atoms in total. The number of nitrogens with zero attached hydrogens (tertiary/aromatic N) is 1. The van der Waals surface area contributed by atoms with Crippen LogP contribution in [0.4, 0.5) is 0 Å². The van der Waals surface area contributed by atoms with Gasteiger partial charge in [0.25, 0.3) is 0 Å². The van der Waals surface area contributed by atoms with Crippen LogP contribution in [-0.4, -0.2) is 32.7 Å². The van der Waals surface area contributed by atoms with Crippen LogP contribution in [0.3, 0.4) is 0 Å². The first-order chi connectivity index (χ1) is 5.05. The molecule has 1 aliphatic heterocycles. The van der Waals surface area contributed by atoms with E-state index in [0.29, 0.717) is 0 Å². The summed E-state index contributed by atoms with van der Waals surface area (Å²) in [5.41, 5.74) is 0. The van der Waals surface area contributed by atoms with Crippen LogP contribution in [0, 0.1) is 0 Å². The molecular formula is C8H17NOS. The van der Waals surface area contributed by atoms with Crippen molar-refractivity contribution in [3.05, 3.63) is 0 Å². The summed E-state index contributed by atoms with van der Waals surface area (Å²) in [6.07, 6.45) is 2.36. The van der Waals surface area contributed by atoms with Crippen molar-refractivity contribution in [2.24, 2.45) is 0 Å². The second-order valence-corrected chi connectivity index (χ2v) is 6.21. The maximum atomic E-state index is 11.9. The number of rotatable bonds is 2. The zero-order valence-electron chi connectivity index (χ0n) is 7.38. The van der Waals surface area contributed by atoms with Crippen molar-refractivity contribution in [1.29, 1.82) is 0 Å². The SMILES string of the molecule is C=S(=O)(C(C)C)N1CCCC1. The molecule has 0 bridgehead atoms. The quantitative estimate of drug-likeness (QED) is 0.576. The summed E-state index contributed by atoms with van der Waals surface area (Å²) in [6, 6.07) is 0. The van der Waals surface area contributed by atoms with Crippen LogP contribution < -0.4 is 0 Å². The molecule has 1 saturated heterocycles.